The molecule has 0 saturated heterocycles. The average Bonchev–Trinajstić information content (AvgIpc) is 2.21. The Hall–Kier alpha value is -0.970. The SMILES string of the molecule is Cc1ccc(-c2ccc(I)cc2)nn1. The molecule has 1 aromatic heterocycles. The molecule has 0 amide bonds. The summed E-state index contributed by atoms with van der Waals surface area (Å²) in [5.74, 6) is 0. The van der Waals surface area contributed by atoms with Crippen LogP contribution in [0.15, 0.2) is 36.4 Å². The molecule has 1 aromatic carbocycles. The van der Waals surface area contributed by atoms with Gasteiger partial charge in [0.1, 0.15) is 0 Å². The Labute approximate surface area is 96.5 Å². The van der Waals surface area contributed by atoms with Crippen LogP contribution in [-0.4, -0.2) is 10.2 Å². The van der Waals surface area contributed by atoms with Crippen molar-refractivity contribution >= 4 is 22.6 Å². The van der Waals surface area contributed by atoms with E-state index in [-0.39, 0.29) is 0 Å². The zero-order valence-electron chi connectivity index (χ0n) is 7.74. The molecule has 0 bridgehead atoms. The first-order chi connectivity index (χ1) is 6.75. The second-order valence-corrected chi connectivity index (χ2v) is 4.31. The van der Waals surface area contributed by atoms with Crippen LogP contribution in [0.5, 0.6) is 0 Å². The molecule has 0 radical (unpaired) electrons. The Balaban J connectivity index is 2.40. The zero-order chi connectivity index (χ0) is 9.97. The topological polar surface area (TPSA) is 25.8 Å². The molecule has 14 heavy (non-hydrogen) atoms. The summed E-state index contributed by atoms with van der Waals surface area (Å²) in [6.07, 6.45) is 0. The van der Waals surface area contributed by atoms with E-state index < -0.39 is 0 Å². The molecule has 2 nitrogen and oxygen atoms in total. The maximum atomic E-state index is 4.13. The Bertz CT molecular complexity index is 377. The molecule has 0 saturated carbocycles. The fourth-order valence-corrected chi connectivity index (χ4v) is 1.53. The Morgan fingerprint density at radius 2 is 1.64 bits per heavy atom. The number of aromatic nitrogens is 2. The van der Waals surface area contributed by atoms with E-state index in [9.17, 15) is 0 Å². The summed E-state index contributed by atoms with van der Waals surface area (Å²) in [6.45, 7) is 1.94. The smallest absolute Gasteiger partial charge is 0.0929 e. The first kappa shape index (κ1) is 9.58. The van der Waals surface area contributed by atoms with E-state index in [0.717, 1.165) is 17.0 Å². The molecule has 0 aliphatic rings. The molecule has 0 spiro atoms. The van der Waals surface area contributed by atoms with E-state index in [4.69, 9.17) is 0 Å². The van der Waals surface area contributed by atoms with Crippen LogP contribution < -0.4 is 0 Å². The van der Waals surface area contributed by atoms with Crippen molar-refractivity contribution in [3.05, 3.63) is 45.7 Å². The molecule has 2 rings (SSSR count). The third-order valence-corrected chi connectivity index (χ3v) is 2.66. The standard InChI is InChI=1S/C11H9IN2/c1-8-2-7-11(14-13-8)9-3-5-10(12)6-4-9/h2-7H,1H3. The summed E-state index contributed by atoms with van der Waals surface area (Å²) < 4.78 is 1.23. The number of nitrogens with zero attached hydrogens (tertiary/aromatic N) is 2. The Morgan fingerprint density at radius 1 is 0.929 bits per heavy atom. The van der Waals surface area contributed by atoms with Gasteiger partial charge in [0.05, 0.1) is 11.4 Å². The predicted octanol–water partition coefficient (Wildman–Crippen LogP) is 3.06. The molecule has 0 unspecified atom stereocenters. The third-order valence-electron chi connectivity index (χ3n) is 1.94. The van der Waals surface area contributed by atoms with Gasteiger partial charge < -0.3 is 0 Å². The highest BCUT2D eigenvalue weighted by atomic mass is 127. The van der Waals surface area contributed by atoms with Gasteiger partial charge in [-0.25, -0.2) is 0 Å². The van der Waals surface area contributed by atoms with E-state index in [1.54, 1.807) is 0 Å². The van der Waals surface area contributed by atoms with Crippen molar-refractivity contribution in [2.45, 2.75) is 6.92 Å². The minimum Gasteiger partial charge on any atom is -0.155 e. The van der Waals surface area contributed by atoms with Crippen molar-refractivity contribution in [2.75, 3.05) is 0 Å². The number of halogens is 1. The molecule has 1 heterocycles. The van der Waals surface area contributed by atoms with Crippen LogP contribution >= 0.6 is 22.6 Å². The first-order valence-corrected chi connectivity index (χ1v) is 5.40. The van der Waals surface area contributed by atoms with Crippen LogP contribution in [0.25, 0.3) is 11.3 Å². The lowest BCUT2D eigenvalue weighted by Gasteiger charge is -1.99. The summed E-state index contributed by atoms with van der Waals surface area (Å²) in [4.78, 5) is 0. The molecule has 70 valence electrons. The number of benzene rings is 1. The van der Waals surface area contributed by atoms with Crippen molar-refractivity contribution in [1.29, 1.82) is 0 Å². The van der Waals surface area contributed by atoms with Gasteiger partial charge >= 0.3 is 0 Å². The fourth-order valence-electron chi connectivity index (χ4n) is 1.17. The van der Waals surface area contributed by atoms with Gasteiger partial charge in [-0.1, -0.05) is 12.1 Å². The highest BCUT2D eigenvalue weighted by molar-refractivity contribution is 14.1. The number of rotatable bonds is 1. The van der Waals surface area contributed by atoms with Crippen LogP contribution in [0.1, 0.15) is 5.69 Å². The summed E-state index contributed by atoms with van der Waals surface area (Å²) in [5.41, 5.74) is 2.98. The second-order valence-electron chi connectivity index (χ2n) is 3.07. The summed E-state index contributed by atoms with van der Waals surface area (Å²) in [5, 5.41) is 8.15. The second kappa shape index (κ2) is 4.04. The van der Waals surface area contributed by atoms with Crippen LogP contribution in [0.4, 0.5) is 0 Å². The minimum atomic E-state index is 0.923. The normalized spacial score (nSPS) is 10.1. The molecule has 0 N–H and O–H groups in total. The monoisotopic (exact) mass is 296 g/mol. The molecule has 0 atom stereocenters. The maximum absolute atomic E-state index is 4.13. The summed E-state index contributed by atoms with van der Waals surface area (Å²) in [7, 11) is 0. The van der Waals surface area contributed by atoms with Crippen LogP contribution in [0.2, 0.25) is 0 Å². The van der Waals surface area contributed by atoms with Gasteiger partial charge in [-0.3, -0.25) is 0 Å². The third kappa shape index (κ3) is 2.09. The summed E-state index contributed by atoms with van der Waals surface area (Å²) >= 11 is 2.29. The van der Waals surface area contributed by atoms with Gasteiger partial charge in [0, 0.05) is 9.13 Å². The van der Waals surface area contributed by atoms with E-state index in [1.165, 1.54) is 3.57 Å². The van der Waals surface area contributed by atoms with Crippen molar-refractivity contribution < 1.29 is 0 Å². The Morgan fingerprint density at radius 3 is 2.21 bits per heavy atom. The van der Waals surface area contributed by atoms with Crippen LogP contribution in [0.3, 0.4) is 0 Å². The van der Waals surface area contributed by atoms with E-state index >= 15 is 0 Å². The van der Waals surface area contributed by atoms with Crippen molar-refractivity contribution in [2.24, 2.45) is 0 Å². The lowest BCUT2D eigenvalue weighted by Crippen LogP contribution is -1.89. The lowest BCUT2D eigenvalue weighted by atomic mass is 10.1. The molecule has 0 aliphatic carbocycles. The zero-order valence-corrected chi connectivity index (χ0v) is 9.89. The largest absolute Gasteiger partial charge is 0.155 e. The predicted molar refractivity (Wildman–Crippen MR) is 64.9 cm³/mol. The number of aryl methyl sites for hydroxylation is 1. The Kier molecular flexibility index (Phi) is 2.77. The summed E-state index contributed by atoms with van der Waals surface area (Å²) in [6, 6.07) is 12.2. The molecule has 0 fully saturated rings. The lowest BCUT2D eigenvalue weighted by molar-refractivity contribution is 0.987. The molecule has 2 aromatic rings. The van der Waals surface area contributed by atoms with E-state index in [1.807, 2.05) is 19.1 Å². The maximum Gasteiger partial charge on any atom is 0.0929 e. The van der Waals surface area contributed by atoms with E-state index in [2.05, 4.69) is 57.1 Å². The van der Waals surface area contributed by atoms with Gasteiger partial charge in [0.15, 0.2) is 0 Å². The average molecular weight is 296 g/mol. The molecular weight excluding hydrogens is 287 g/mol. The van der Waals surface area contributed by atoms with Crippen molar-refractivity contribution in [3.63, 3.8) is 0 Å². The number of hydrogen-bond donors (Lipinski definition) is 0. The van der Waals surface area contributed by atoms with Crippen molar-refractivity contribution in [1.82, 2.24) is 10.2 Å². The van der Waals surface area contributed by atoms with Crippen molar-refractivity contribution in [3.8, 4) is 11.3 Å². The first-order valence-electron chi connectivity index (χ1n) is 4.32. The molecule has 0 aliphatic heterocycles. The molecule has 3 heteroatoms. The van der Waals surface area contributed by atoms with Gasteiger partial charge in [0.2, 0.25) is 0 Å². The van der Waals surface area contributed by atoms with Gasteiger partial charge in [0.25, 0.3) is 0 Å². The fraction of sp³-hybridized carbons (Fsp3) is 0.0909. The molecular formula is C11H9IN2. The number of hydrogen-bond acceptors (Lipinski definition) is 2. The van der Waals surface area contributed by atoms with E-state index in [0.29, 0.717) is 0 Å². The minimum absolute atomic E-state index is 0.923. The van der Waals surface area contributed by atoms with Crippen LogP contribution in [-0.2, 0) is 0 Å². The quantitative estimate of drug-likeness (QED) is 0.756. The van der Waals surface area contributed by atoms with Gasteiger partial charge in [-0.15, -0.1) is 0 Å². The van der Waals surface area contributed by atoms with Gasteiger partial charge in [-0.2, -0.15) is 10.2 Å². The highest BCUT2D eigenvalue weighted by Gasteiger charge is 1.98. The van der Waals surface area contributed by atoms with Crippen LogP contribution in [0, 0.1) is 10.5 Å². The highest BCUT2D eigenvalue weighted by Crippen LogP contribution is 2.17. The van der Waals surface area contributed by atoms with Gasteiger partial charge in [-0.05, 0) is 53.8 Å².